The van der Waals surface area contributed by atoms with Crippen molar-refractivity contribution in [3.63, 3.8) is 0 Å². The van der Waals surface area contributed by atoms with Crippen LogP contribution in [0.1, 0.15) is 18.1 Å². The van der Waals surface area contributed by atoms with Crippen LogP contribution < -0.4 is 5.32 Å². The summed E-state index contributed by atoms with van der Waals surface area (Å²) in [5.74, 6) is 0. The second kappa shape index (κ2) is 8.39. The Kier molecular flexibility index (Phi) is 8.48. The van der Waals surface area contributed by atoms with Crippen LogP contribution in [0.5, 0.6) is 0 Å². The highest BCUT2D eigenvalue weighted by molar-refractivity contribution is 9.10. The zero-order valence-electron chi connectivity index (χ0n) is 10.8. The Morgan fingerprint density at radius 3 is 2.67 bits per heavy atom. The number of hydrogen-bond donors (Lipinski definition) is 1. The van der Waals surface area contributed by atoms with Gasteiger partial charge in [-0.3, -0.25) is 4.90 Å². The van der Waals surface area contributed by atoms with E-state index in [-0.39, 0.29) is 24.8 Å². The summed E-state index contributed by atoms with van der Waals surface area (Å²) in [6, 6.07) is 7.29. The van der Waals surface area contributed by atoms with Gasteiger partial charge in [-0.1, -0.05) is 22.0 Å². The van der Waals surface area contributed by atoms with E-state index in [1.807, 2.05) is 0 Å². The first-order chi connectivity index (χ1) is 7.65. The Morgan fingerprint density at radius 1 is 1.33 bits per heavy atom. The van der Waals surface area contributed by atoms with Crippen molar-refractivity contribution in [2.24, 2.45) is 0 Å². The van der Waals surface area contributed by atoms with Crippen molar-refractivity contribution in [2.45, 2.75) is 26.4 Å². The van der Waals surface area contributed by atoms with Gasteiger partial charge >= 0.3 is 0 Å². The smallest absolute Gasteiger partial charge is 0.0238 e. The Hall–Kier alpha value is 0.200. The van der Waals surface area contributed by atoms with Crippen LogP contribution in [0.3, 0.4) is 0 Å². The van der Waals surface area contributed by atoms with Crippen molar-refractivity contribution in [3.8, 4) is 0 Å². The fourth-order valence-electron chi connectivity index (χ4n) is 2.26. The largest absolute Gasteiger partial charge is 0.314 e. The fourth-order valence-corrected chi connectivity index (χ4v) is 2.91. The molecule has 2 rings (SSSR count). The summed E-state index contributed by atoms with van der Waals surface area (Å²) < 4.78 is 1.19. The molecular weight excluding hydrogens is 335 g/mol. The minimum atomic E-state index is 0. The van der Waals surface area contributed by atoms with Gasteiger partial charge in [0.2, 0.25) is 0 Å². The third-order valence-electron chi connectivity index (χ3n) is 3.13. The lowest BCUT2D eigenvalue weighted by Gasteiger charge is -2.34. The second-order valence-corrected chi connectivity index (χ2v) is 5.58. The molecule has 1 aromatic rings. The van der Waals surface area contributed by atoms with Crippen LogP contribution in [0.25, 0.3) is 0 Å². The first-order valence-corrected chi connectivity index (χ1v) is 6.65. The van der Waals surface area contributed by atoms with E-state index < -0.39 is 0 Å². The first-order valence-electron chi connectivity index (χ1n) is 5.86. The van der Waals surface area contributed by atoms with Crippen molar-refractivity contribution in [1.82, 2.24) is 10.2 Å². The molecule has 0 amide bonds. The van der Waals surface area contributed by atoms with Gasteiger partial charge in [0.25, 0.3) is 0 Å². The number of nitrogens with zero attached hydrogens (tertiary/aromatic N) is 1. The van der Waals surface area contributed by atoms with E-state index in [0.29, 0.717) is 6.04 Å². The third kappa shape index (κ3) is 5.06. The fraction of sp³-hybridized carbons (Fsp3) is 0.538. The molecule has 1 saturated heterocycles. The zero-order chi connectivity index (χ0) is 11.5. The molecule has 1 aromatic carbocycles. The van der Waals surface area contributed by atoms with Crippen molar-refractivity contribution in [2.75, 3.05) is 19.6 Å². The van der Waals surface area contributed by atoms with Gasteiger partial charge in [-0.25, -0.2) is 0 Å². The minimum Gasteiger partial charge on any atom is -0.314 e. The van der Waals surface area contributed by atoms with Crippen LogP contribution in [-0.4, -0.2) is 30.6 Å². The molecule has 1 aliphatic heterocycles. The van der Waals surface area contributed by atoms with Crippen LogP contribution in [0.2, 0.25) is 0 Å². The average Bonchev–Trinajstić information content (AvgIpc) is 2.20. The molecule has 0 aromatic heterocycles. The molecule has 0 radical (unpaired) electrons. The van der Waals surface area contributed by atoms with Crippen molar-refractivity contribution >= 4 is 40.7 Å². The number of halogens is 3. The summed E-state index contributed by atoms with van der Waals surface area (Å²) in [6.45, 7) is 8.85. The average molecular weight is 356 g/mol. The number of rotatable bonds is 2. The molecule has 0 bridgehead atoms. The van der Waals surface area contributed by atoms with E-state index in [4.69, 9.17) is 0 Å². The maximum absolute atomic E-state index is 3.56. The monoisotopic (exact) mass is 354 g/mol. The van der Waals surface area contributed by atoms with E-state index in [0.717, 1.165) is 26.2 Å². The summed E-state index contributed by atoms with van der Waals surface area (Å²) in [6.07, 6.45) is 0. The molecule has 2 nitrogen and oxygen atoms in total. The predicted octanol–water partition coefficient (Wildman–Crippen LogP) is 3.39. The zero-order valence-corrected chi connectivity index (χ0v) is 14.0. The van der Waals surface area contributed by atoms with Crippen molar-refractivity contribution in [1.29, 1.82) is 0 Å². The first kappa shape index (κ1) is 18.2. The van der Waals surface area contributed by atoms with Crippen LogP contribution >= 0.6 is 40.7 Å². The van der Waals surface area contributed by atoms with Gasteiger partial charge in [-0.05, 0) is 37.1 Å². The van der Waals surface area contributed by atoms with E-state index in [1.54, 1.807) is 0 Å². The third-order valence-corrected chi connectivity index (χ3v) is 3.58. The minimum absolute atomic E-state index is 0. The Labute approximate surface area is 130 Å². The van der Waals surface area contributed by atoms with Gasteiger partial charge in [-0.2, -0.15) is 0 Å². The predicted molar refractivity (Wildman–Crippen MR) is 86.1 cm³/mol. The highest BCUT2D eigenvalue weighted by Crippen LogP contribution is 2.18. The number of nitrogens with one attached hydrogen (secondary N) is 1. The molecule has 0 aliphatic carbocycles. The summed E-state index contributed by atoms with van der Waals surface area (Å²) in [5.41, 5.74) is 2.73. The SMILES string of the molecule is Cc1cc(Br)cc(CN2CCNCC2C)c1.Cl.Cl. The second-order valence-electron chi connectivity index (χ2n) is 4.66. The number of aryl methyl sites for hydroxylation is 1. The number of benzene rings is 1. The molecule has 1 atom stereocenters. The Morgan fingerprint density at radius 2 is 2.06 bits per heavy atom. The van der Waals surface area contributed by atoms with Gasteiger partial charge < -0.3 is 5.32 Å². The Balaban J connectivity index is 0.00000144. The molecule has 1 unspecified atom stereocenters. The molecule has 0 spiro atoms. The summed E-state index contributed by atoms with van der Waals surface area (Å²) in [5, 5.41) is 3.42. The van der Waals surface area contributed by atoms with Gasteiger partial charge in [0, 0.05) is 36.7 Å². The number of piperazine rings is 1. The van der Waals surface area contributed by atoms with Crippen LogP contribution in [0.4, 0.5) is 0 Å². The maximum Gasteiger partial charge on any atom is 0.0238 e. The molecule has 1 fully saturated rings. The van der Waals surface area contributed by atoms with E-state index in [9.17, 15) is 0 Å². The van der Waals surface area contributed by atoms with Gasteiger partial charge in [0.1, 0.15) is 0 Å². The molecule has 18 heavy (non-hydrogen) atoms. The lowest BCUT2D eigenvalue weighted by Crippen LogP contribution is -2.49. The van der Waals surface area contributed by atoms with Gasteiger partial charge in [-0.15, -0.1) is 24.8 Å². The highest BCUT2D eigenvalue weighted by Gasteiger charge is 2.17. The Bertz CT molecular complexity index is 354. The maximum atomic E-state index is 3.56. The molecule has 0 saturated carbocycles. The van der Waals surface area contributed by atoms with Gasteiger partial charge in [0.15, 0.2) is 0 Å². The highest BCUT2D eigenvalue weighted by atomic mass is 79.9. The molecule has 5 heteroatoms. The van der Waals surface area contributed by atoms with Crippen LogP contribution in [-0.2, 0) is 6.54 Å². The standard InChI is InChI=1S/C13H19BrN2.2ClH/c1-10-5-12(7-13(14)6-10)9-16-4-3-15-8-11(16)2;;/h5-7,11,15H,3-4,8-9H2,1-2H3;2*1H. The van der Waals surface area contributed by atoms with E-state index >= 15 is 0 Å². The lowest BCUT2D eigenvalue weighted by atomic mass is 10.1. The summed E-state index contributed by atoms with van der Waals surface area (Å²) in [7, 11) is 0. The van der Waals surface area contributed by atoms with Crippen molar-refractivity contribution in [3.05, 3.63) is 33.8 Å². The molecule has 1 heterocycles. The lowest BCUT2D eigenvalue weighted by molar-refractivity contribution is 0.165. The van der Waals surface area contributed by atoms with Crippen LogP contribution in [0.15, 0.2) is 22.7 Å². The van der Waals surface area contributed by atoms with Crippen LogP contribution in [0, 0.1) is 6.92 Å². The summed E-state index contributed by atoms with van der Waals surface area (Å²) in [4.78, 5) is 2.54. The van der Waals surface area contributed by atoms with Crippen molar-refractivity contribution < 1.29 is 0 Å². The topological polar surface area (TPSA) is 15.3 Å². The summed E-state index contributed by atoms with van der Waals surface area (Å²) >= 11 is 3.56. The number of hydrogen-bond acceptors (Lipinski definition) is 2. The van der Waals surface area contributed by atoms with Gasteiger partial charge in [0.05, 0.1) is 0 Å². The quantitative estimate of drug-likeness (QED) is 0.874. The normalized spacial score (nSPS) is 19.8. The van der Waals surface area contributed by atoms with E-state index in [1.165, 1.54) is 15.6 Å². The molecular formula is C13H21BrCl2N2. The molecule has 1 aliphatic rings. The van der Waals surface area contributed by atoms with E-state index in [2.05, 4.69) is 58.2 Å². The molecule has 1 N–H and O–H groups in total. The molecule has 104 valence electrons.